The van der Waals surface area contributed by atoms with Crippen molar-refractivity contribution in [1.82, 2.24) is 5.32 Å². The van der Waals surface area contributed by atoms with E-state index >= 15 is 0 Å². The van der Waals surface area contributed by atoms with Crippen LogP contribution in [0.1, 0.15) is 38.7 Å². The summed E-state index contributed by atoms with van der Waals surface area (Å²) in [5, 5.41) is 13.9. The highest BCUT2D eigenvalue weighted by Gasteiger charge is 2.30. The molecule has 1 aliphatic rings. The lowest BCUT2D eigenvalue weighted by molar-refractivity contribution is -0.387. The van der Waals surface area contributed by atoms with Gasteiger partial charge in [-0.05, 0) is 36.3 Å². The summed E-state index contributed by atoms with van der Waals surface area (Å²) < 4.78 is 13.5. The van der Waals surface area contributed by atoms with Gasteiger partial charge in [0.25, 0.3) is 0 Å². The largest absolute Gasteiger partial charge is 0.310 e. The Morgan fingerprint density at radius 1 is 1.53 bits per heavy atom. The molecule has 0 spiro atoms. The molecule has 0 heterocycles. The van der Waals surface area contributed by atoms with Crippen molar-refractivity contribution in [2.75, 3.05) is 0 Å². The normalized spacial score (nSPS) is 21.5. The second-order valence-corrected chi connectivity index (χ2v) is 6.03. The summed E-state index contributed by atoms with van der Waals surface area (Å²) in [7, 11) is 0. The van der Waals surface area contributed by atoms with Crippen molar-refractivity contribution in [2.24, 2.45) is 5.41 Å². The Morgan fingerprint density at radius 2 is 2.26 bits per heavy atom. The molecule has 1 aliphatic carbocycles. The molecule has 0 saturated heterocycles. The molecule has 1 aromatic carbocycles. The van der Waals surface area contributed by atoms with Gasteiger partial charge in [0.1, 0.15) is 0 Å². The molecule has 104 valence electrons. The number of hydrogen-bond acceptors (Lipinski definition) is 3. The molecule has 1 fully saturated rings. The molecule has 1 saturated carbocycles. The van der Waals surface area contributed by atoms with E-state index in [9.17, 15) is 14.5 Å². The van der Waals surface area contributed by atoms with Crippen LogP contribution in [0.3, 0.4) is 0 Å². The molecule has 2 rings (SSSR count). The standard InChI is InChI=1S/C14H19FN2O2/c1-14(2)6-5-11(8-14)16-9-10-3-4-13(17(18)19)12(15)7-10/h3-4,7,11,16H,5-6,8-9H2,1-2H3. The molecule has 19 heavy (non-hydrogen) atoms. The fourth-order valence-corrected chi connectivity index (χ4v) is 2.68. The maximum absolute atomic E-state index is 13.5. The van der Waals surface area contributed by atoms with Gasteiger partial charge in [0, 0.05) is 18.7 Å². The topological polar surface area (TPSA) is 55.2 Å². The van der Waals surface area contributed by atoms with E-state index < -0.39 is 16.4 Å². The van der Waals surface area contributed by atoms with Gasteiger partial charge in [-0.25, -0.2) is 0 Å². The van der Waals surface area contributed by atoms with Gasteiger partial charge in [0.15, 0.2) is 0 Å². The zero-order valence-corrected chi connectivity index (χ0v) is 11.3. The van der Waals surface area contributed by atoms with E-state index in [4.69, 9.17) is 0 Å². The minimum atomic E-state index is -0.768. The van der Waals surface area contributed by atoms with Crippen molar-refractivity contribution in [3.63, 3.8) is 0 Å². The molecule has 0 amide bonds. The highest BCUT2D eigenvalue weighted by molar-refractivity contribution is 5.34. The van der Waals surface area contributed by atoms with Crippen LogP contribution in [0.4, 0.5) is 10.1 Å². The SMILES string of the molecule is CC1(C)CCC(NCc2ccc([N+](=O)[O-])c(F)c2)C1. The third-order valence-electron chi connectivity index (χ3n) is 3.77. The third kappa shape index (κ3) is 3.50. The Kier molecular flexibility index (Phi) is 3.85. The summed E-state index contributed by atoms with van der Waals surface area (Å²) in [5.74, 6) is -0.768. The van der Waals surface area contributed by atoms with Crippen LogP contribution in [-0.2, 0) is 6.54 Å². The first kappa shape index (κ1) is 13.9. The second-order valence-electron chi connectivity index (χ2n) is 6.03. The molecule has 5 heteroatoms. The number of nitrogens with one attached hydrogen (secondary N) is 1. The van der Waals surface area contributed by atoms with Crippen LogP contribution in [0, 0.1) is 21.3 Å². The van der Waals surface area contributed by atoms with E-state index in [1.807, 2.05) is 0 Å². The molecule has 1 aromatic rings. The fourth-order valence-electron chi connectivity index (χ4n) is 2.68. The number of nitrogens with zero attached hydrogens (tertiary/aromatic N) is 1. The molecular weight excluding hydrogens is 247 g/mol. The molecular formula is C14H19FN2O2. The lowest BCUT2D eigenvalue weighted by Gasteiger charge is -2.17. The highest BCUT2D eigenvalue weighted by atomic mass is 19.1. The van der Waals surface area contributed by atoms with Gasteiger partial charge in [0.05, 0.1) is 4.92 Å². The number of nitro benzene ring substituents is 1. The molecule has 0 aromatic heterocycles. The first-order chi connectivity index (χ1) is 8.87. The molecule has 0 aliphatic heterocycles. The van der Waals surface area contributed by atoms with Gasteiger partial charge >= 0.3 is 5.69 Å². The van der Waals surface area contributed by atoms with Gasteiger partial charge in [-0.1, -0.05) is 19.9 Å². The predicted octanol–water partition coefficient (Wildman–Crippen LogP) is 3.40. The highest BCUT2D eigenvalue weighted by Crippen LogP contribution is 2.37. The Balaban J connectivity index is 1.94. The van der Waals surface area contributed by atoms with Crippen LogP contribution in [0.15, 0.2) is 18.2 Å². The monoisotopic (exact) mass is 266 g/mol. The van der Waals surface area contributed by atoms with Crippen molar-refractivity contribution in [1.29, 1.82) is 0 Å². The van der Waals surface area contributed by atoms with Crippen LogP contribution >= 0.6 is 0 Å². The van der Waals surface area contributed by atoms with Gasteiger partial charge in [0.2, 0.25) is 5.82 Å². The molecule has 1 N–H and O–H groups in total. The smallest absolute Gasteiger partial charge is 0.304 e. The minimum absolute atomic E-state index is 0.373. The van der Waals surface area contributed by atoms with Crippen molar-refractivity contribution in [3.05, 3.63) is 39.7 Å². The lowest BCUT2D eigenvalue weighted by atomic mass is 9.92. The summed E-state index contributed by atoms with van der Waals surface area (Å²) in [5.41, 5.74) is 0.650. The van der Waals surface area contributed by atoms with Crippen molar-refractivity contribution in [2.45, 2.75) is 45.7 Å². The molecule has 1 atom stereocenters. The average Bonchev–Trinajstić information content (AvgIpc) is 2.66. The van der Waals surface area contributed by atoms with E-state index in [-0.39, 0.29) is 0 Å². The summed E-state index contributed by atoms with van der Waals surface area (Å²) in [6.07, 6.45) is 3.43. The molecule has 0 radical (unpaired) electrons. The van der Waals surface area contributed by atoms with E-state index in [2.05, 4.69) is 19.2 Å². The number of benzene rings is 1. The van der Waals surface area contributed by atoms with Crippen LogP contribution in [-0.4, -0.2) is 11.0 Å². The Hall–Kier alpha value is -1.49. The summed E-state index contributed by atoms with van der Waals surface area (Å²) in [6, 6.07) is 4.53. The van der Waals surface area contributed by atoms with E-state index in [0.29, 0.717) is 18.0 Å². The Labute approximate surface area is 112 Å². The van der Waals surface area contributed by atoms with Crippen LogP contribution in [0.25, 0.3) is 0 Å². The van der Waals surface area contributed by atoms with Gasteiger partial charge < -0.3 is 5.32 Å². The van der Waals surface area contributed by atoms with Crippen LogP contribution in [0.2, 0.25) is 0 Å². The van der Waals surface area contributed by atoms with Crippen molar-refractivity contribution >= 4 is 5.69 Å². The maximum atomic E-state index is 13.5. The zero-order valence-electron chi connectivity index (χ0n) is 11.3. The Bertz CT molecular complexity index is 488. The first-order valence-electron chi connectivity index (χ1n) is 6.54. The number of rotatable bonds is 4. The van der Waals surface area contributed by atoms with Gasteiger partial charge in [-0.15, -0.1) is 0 Å². The van der Waals surface area contributed by atoms with Crippen LogP contribution < -0.4 is 5.32 Å². The summed E-state index contributed by atoms with van der Waals surface area (Å²) in [6.45, 7) is 5.05. The predicted molar refractivity (Wildman–Crippen MR) is 71.3 cm³/mol. The Morgan fingerprint density at radius 3 is 2.79 bits per heavy atom. The van der Waals surface area contributed by atoms with E-state index in [1.54, 1.807) is 6.07 Å². The molecule has 0 bridgehead atoms. The third-order valence-corrected chi connectivity index (χ3v) is 3.77. The average molecular weight is 266 g/mol. The number of nitro groups is 1. The van der Waals surface area contributed by atoms with Gasteiger partial charge in [-0.3, -0.25) is 10.1 Å². The summed E-state index contributed by atoms with van der Waals surface area (Å²) >= 11 is 0. The maximum Gasteiger partial charge on any atom is 0.304 e. The van der Waals surface area contributed by atoms with Gasteiger partial charge in [-0.2, -0.15) is 4.39 Å². The second kappa shape index (κ2) is 5.25. The quantitative estimate of drug-likeness (QED) is 0.671. The zero-order chi connectivity index (χ0) is 14.0. The number of halogens is 1. The van der Waals surface area contributed by atoms with Crippen molar-refractivity contribution in [3.8, 4) is 0 Å². The van der Waals surface area contributed by atoms with E-state index in [1.165, 1.54) is 18.6 Å². The minimum Gasteiger partial charge on any atom is -0.310 e. The van der Waals surface area contributed by atoms with E-state index in [0.717, 1.165) is 18.4 Å². The number of hydrogen-bond donors (Lipinski definition) is 1. The fraction of sp³-hybridized carbons (Fsp3) is 0.571. The molecule has 1 unspecified atom stereocenters. The van der Waals surface area contributed by atoms with Crippen molar-refractivity contribution < 1.29 is 9.31 Å². The van der Waals surface area contributed by atoms with Crippen LogP contribution in [0.5, 0.6) is 0 Å². The molecule has 4 nitrogen and oxygen atoms in total. The lowest BCUT2D eigenvalue weighted by Crippen LogP contribution is -2.26. The first-order valence-corrected chi connectivity index (χ1v) is 6.54. The summed E-state index contributed by atoms with van der Waals surface area (Å²) in [4.78, 5) is 9.82.